The zero-order valence-electron chi connectivity index (χ0n) is 17.1. The molecule has 11 heteroatoms. The number of alkyl halides is 3. The molecule has 28 heavy (non-hydrogen) atoms. The van der Waals surface area contributed by atoms with Crippen LogP contribution in [0.3, 0.4) is 0 Å². The van der Waals surface area contributed by atoms with Crippen molar-refractivity contribution in [1.82, 2.24) is 26.2 Å². The number of amides is 3. The predicted octanol–water partition coefficient (Wildman–Crippen LogP) is 1.48. The fourth-order valence-corrected chi connectivity index (χ4v) is 2.81. The molecule has 1 saturated heterocycles. The quantitative estimate of drug-likeness (QED) is 0.513. The summed E-state index contributed by atoms with van der Waals surface area (Å²) < 4.78 is 40.3. The van der Waals surface area contributed by atoms with Crippen LogP contribution in [-0.2, 0) is 4.79 Å². The number of carbonyl (C=O) groups excluding carboxylic acids is 2. The lowest BCUT2D eigenvalue weighted by Crippen LogP contribution is -2.60. The molecule has 0 bridgehead atoms. The summed E-state index contributed by atoms with van der Waals surface area (Å²) in [5.41, 5.74) is -0.494. The van der Waals surface area contributed by atoms with Crippen LogP contribution < -0.4 is 21.3 Å². The molecule has 1 aliphatic rings. The Kier molecular flexibility index (Phi) is 10.6. The minimum atomic E-state index is -4.45. The van der Waals surface area contributed by atoms with Crippen LogP contribution in [0.4, 0.5) is 18.0 Å². The average molecular weight is 432 g/mol. The lowest BCUT2D eigenvalue weighted by molar-refractivity contribution is -0.184. The zero-order chi connectivity index (χ0) is 20.8. The maximum Gasteiger partial charge on any atom is 0.405 e. The summed E-state index contributed by atoms with van der Waals surface area (Å²) in [4.78, 5) is 25.8. The van der Waals surface area contributed by atoms with Crippen LogP contribution in [0.15, 0.2) is 0 Å². The third kappa shape index (κ3) is 9.29. The summed E-state index contributed by atoms with van der Waals surface area (Å²) in [5, 5.41) is 10.6. The summed E-state index contributed by atoms with van der Waals surface area (Å²) in [5.74, 6) is -0.905. The molecule has 0 aromatic carbocycles. The van der Waals surface area contributed by atoms with E-state index in [1.54, 1.807) is 34.6 Å². The first-order chi connectivity index (χ1) is 12.3. The van der Waals surface area contributed by atoms with Gasteiger partial charge >= 0.3 is 12.2 Å². The molecule has 3 amide bonds. The Labute approximate surface area is 171 Å². The SMILES string of the molecule is CC(C)[C@H](NC(=O)NC(C)(C)C)C(=O)NCC(N1CCNCC1)C(F)(F)F.Cl. The van der Waals surface area contributed by atoms with Crippen molar-refractivity contribution in [3.8, 4) is 0 Å². The van der Waals surface area contributed by atoms with E-state index >= 15 is 0 Å². The molecule has 1 fully saturated rings. The minimum absolute atomic E-state index is 0. The summed E-state index contributed by atoms with van der Waals surface area (Å²) in [6.07, 6.45) is -4.45. The molecule has 0 saturated carbocycles. The Balaban J connectivity index is 0.00000729. The Hall–Kier alpha value is -1.26. The molecule has 0 spiro atoms. The number of carbonyl (C=O) groups is 2. The fraction of sp³-hybridized carbons (Fsp3) is 0.882. The van der Waals surface area contributed by atoms with Gasteiger partial charge in [-0.1, -0.05) is 13.8 Å². The van der Waals surface area contributed by atoms with Crippen LogP contribution in [0.5, 0.6) is 0 Å². The van der Waals surface area contributed by atoms with Gasteiger partial charge in [0.05, 0.1) is 0 Å². The molecule has 1 unspecified atom stereocenters. The number of piperazine rings is 1. The van der Waals surface area contributed by atoms with Crippen LogP contribution in [0, 0.1) is 5.92 Å². The third-order valence-electron chi connectivity index (χ3n) is 4.16. The molecule has 1 rings (SSSR count). The molecule has 0 aromatic rings. The van der Waals surface area contributed by atoms with Gasteiger partial charge in [-0.2, -0.15) is 13.2 Å². The average Bonchev–Trinajstić information content (AvgIpc) is 2.50. The first kappa shape index (κ1) is 26.7. The Morgan fingerprint density at radius 3 is 2.07 bits per heavy atom. The van der Waals surface area contributed by atoms with Crippen LogP contribution in [-0.4, -0.2) is 73.4 Å². The van der Waals surface area contributed by atoms with Crippen LogP contribution >= 0.6 is 12.4 Å². The van der Waals surface area contributed by atoms with E-state index < -0.39 is 42.3 Å². The molecular weight excluding hydrogens is 399 g/mol. The lowest BCUT2D eigenvalue weighted by atomic mass is 10.0. The number of rotatable bonds is 6. The molecule has 0 radical (unpaired) electrons. The molecule has 4 N–H and O–H groups in total. The highest BCUT2D eigenvalue weighted by Gasteiger charge is 2.44. The van der Waals surface area contributed by atoms with Crippen LogP contribution in [0.25, 0.3) is 0 Å². The number of hydrogen-bond donors (Lipinski definition) is 4. The lowest BCUT2D eigenvalue weighted by Gasteiger charge is -2.36. The number of halogens is 4. The second-order valence-electron chi connectivity index (χ2n) is 8.16. The van der Waals surface area contributed by atoms with Crippen LogP contribution in [0.2, 0.25) is 0 Å². The molecule has 2 atom stereocenters. The molecule has 0 aliphatic carbocycles. The number of nitrogens with zero attached hydrogens (tertiary/aromatic N) is 1. The fourth-order valence-electron chi connectivity index (χ4n) is 2.81. The number of hydrogen-bond acceptors (Lipinski definition) is 4. The second-order valence-corrected chi connectivity index (χ2v) is 8.16. The van der Waals surface area contributed by atoms with Gasteiger partial charge in [0.15, 0.2) is 0 Å². The normalized spacial score (nSPS) is 18.0. The van der Waals surface area contributed by atoms with Gasteiger partial charge in [0.25, 0.3) is 0 Å². The van der Waals surface area contributed by atoms with Gasteiger partial charge in [0, 0.05) is 38.3 Å². The van der Waals surface area contributed by atoms with Gasteiger partial charge in [-0.05, 0) is 26.7 Å². The zero-order valence-corrected chi connectivity index (χ0v) is 17.9. The van der Waals surface area contributed by atoms with Crippen molar-refractivity contribution < 1.29 is 22.8 Å². The van der Waals surface area contributed by atoms with E-state index in [4.69, 9.17) is 0 Å². The van der Waals surface area contributed by atoms with Gasteiger partial charge in [-0.25, -0.2) is 4.79 Å². The van der Waals surface area contributed by atoms with Gasteiger partial charge in [0.2, 0.25) is 5.91 Å². The highest BCUT2D eigenvalue weighted by atomic mass is 35.5. The molecule has 0 aromatic heterocycles. The first-order valence-electron chi connectivity index (χ1n) is 9.19. The molecular formula is C17H33ClF3N5O2. The van der Waals surface area contributed by atoms with Gasteiger partial charge in [0.1, 0.15) is 12.1 Å². The summed E-state index contributed by atoms with van der Waals surface area (Å²) in [7, 11) is 0. The topological polar surface area (TPSA) is 85.5 Å². The van der Waals surface area contributed by atoms with E-state index in [0.29, 0.717) is 13.1 Å². The summed E-state index contributed by atoms with van der Waals surface area (Å²) in [6.45, 7) is 9.74. The highest BCUT2D eigenvalue weighted by molar-refractivity contribution is 5.87. The van der Waals surface area contributed by atoms with Crippen molar-refractivity contribution in [2.45, 2.75) is 58.4 Å². The first-order valence-corrected chi connectivity index (χ1v) is 9.19. The van der Waals surface area contributed by atoms with Gasteiger partial charge in [-0.3, -0.25) is 9.69 Å². The molecule has 7 nitrogen and oxygen atoms in total. The van der Waals surface area contributed by atoms with E-state index in [-0.39, 0.29) is 31.4 Å². The Morgan fingerprint density at radius 1 is 1.11 bits per heavy atom. The third-order valence-corrected chi connectivity index (χ3v) is 4.16. The van der Waals surface area contributed by atoms with Gasteiger partial charge < -0.3 is 21.3 Å². The molecule has 1 aliphatic heterocycles. The van der Waals surface area contributed by atoms with Crippen LogP contribution in [0.1, 0.15) is 34.6 Å². The highest BCUT2D eigenvalue weighted by Crippen LogP contribution is 2.24. The number of urea groups is 1. The van der Waals surface area contributed by atoms with Crippen molar-refractivity contribution in [2.75, 3.05) is 32.7 Å². The van der Waals surface area contributed by atoms with E-state index in [1.807, 2.05) is 0 Å². The Morgan fingerprint density at radius 2 is 1.64 bits per heavy atom. The largest absolute Gasteiger partial charge is 0.405 e. The van der Waals surface area contributed by atoms with Crippen molar-refractivity contribution in [1.29, 1.82) is 0 Å². The van der Waals surface area contributed by atoms with E-state index in [2.05, 4.69) is 21.3 Å². The van der Waals surface area contributed by atoms with Crippen molar-refractivity contribution in [3.05, 3.63) is 0 Å². The second kappa shape index (κ2) is 11.1. The van der Waals surface area contributed by atoms with E-state index in [0.717, 1.165) is 0 Å². The van der Waals surface area contributed by atoms with Crippen molar-refractivity contribution in [2.24, 2.45) is 5.92 Å². The summed E-state index contributed by atoms with van der Waals surface area (Å²) >= 11 is 0. The standard InChI is InChI=1S/C17H32F3N5O2.ClH/c1-11(2)13(23-15(27)24-16(3,4)5)14(26)22-10-12(17(18,19)20)25-8-6-21-7-9-25;/h11-13,21H,6-10H2,1-5H3,(H,22,26)(H2,23,24,27);1H/t12?,13-;/m0./s1. The molecule has 166 valence electrons. The Bertz CT molecular complexity index is 506. The monoisotopic (exact) mass is 431 g/mol. The maximum atomic E-state index is 13.4. The van der Waals surface area contributed by atoms with E-state index in [9.17, 15) is 22.8 Å². The maximum absolute atomic E-state index is 13.4. The van der Waals surface area contributed by atoms with Gasteiger partial charge in [-0.15, -0.1) is 12.4 Å². The smallest absolute Gasteiger partial charge is 0.352 e. The minimum Gasteiger partial charge on any atom is -0.352 e. The molecule has 1 heterocycles. The number of nitrogens with one attached hydrogen (secondary N) is 4. The predicted molar refractivity (Wildman–Crippen MR) is 105 cm³/mol. The summed E-state index contributed by atoms with van der Waals surface area (Å²) in [6, 6.07) is -3.21. The van der Waals surface area contributed by atoms with E-state index in [1.165, 1.54) is 4.90 Å². The van der Waals surface area contributed by atoms with Crippen molar-refractivity contribution in [3.63, 3.8) is 0 Å². The van der Waals surface area contributed by atoms with Crippen molar-refractivity contribution >= 4 is 24.3 Å².